The van der Waals surface area contributed by atoms with Crippen LogP contribution in [0, 0.1) is 0 Å². The molecule has 0 saturated heterocycles. The second kappa shape index (κ2) is 8.81. The van der Waals surface area contributed by atoms with Crippen molar-refractivity contribution in [2.75, 3.05) is 0 Å². The Morgan fingerprint density at radius 2 is 1.00 bits per heavy atom. The second-order valence-corrected chi connectivity index (χ2v) is 6.13. The Bertz CT molecular complexity index is 873. The molecule has 0 heterocycles. The monoisotopic (exact) mass is 386 g/mol. The zero-order valence-corrected chi connectivity index (χ0v) is 14.7. The molecule has 0 spiro atoms. The third-order valence-corrected chi connectivity index (χ3v) is 4.35. The van der Waals surface area contributed by atoms with Crippen LogP contribution in [0.25, 0.3) is 0 Å². The van der Waals surface area contributed by atoms with Crippen molar-refractivity contribution >= 4 is 23.9 Å². The first-order chi connectivity index (χ1) is 13.2. The molecule has 0 fully saturated rings. The maximum Gasteiger partial charge on any atom is 0.335 e. The van der Waals surface area contributed by atoms with Crippen molar-refractivity contribution in [2.45, 2.75) is 25.7 Å². The summed E-state index contributed by atoms with van der Waals surface area (Å²) < 4.78 is 0. The second-order valence-electron chi connectivity index (χ2n) is 6.13. The van der Waals surface area contributed by atoms with E-state index < -0.39 is 23.9 Å². The number of fused-ring (bicyclic) bond motifs is 1. The zero-order chi connectivity index (χ0) is 20.8. The van der Waals surface area contributed by atoms with Crippen LogP contribution in [0.2, 0.25) is 0 Å². The van der Waals surface area contributed by atoms with Crippen LogP contribution in [-0.4, -0.2) is 44.3 Å². The van der Waals surface area contributed by atoms with Gasteiger partial charge < -0.3 is 20.4 Å². The molecule has 8 nitrogen and oxygen atoms in total. The van der Waals surface area contributed by atoms with Crippen LogP contribution in [0.3, 0.4) is 0 Å². The molecule has 146 valence electrons. The summed E-state index contributed by atoms with van der Waals surface area (Å²) in [5, 5.41) is 35.0. The van der Waals surface area contributed by atoms with Crippen molar-refractivity contribution < 1.29 is 39.6 Å². The van der Waals surface area contributed by atoms with Gasteiger partial charge in [0.2, 0.25) is 0 Å². The number of carbonyl (C=O) groups is 4. The van der Waals surface area contributed by atoms with Gasteiger partial charge in [-0.2, -0.15) is 0 Å². The quantitative estimate of drug-likeness (QED) is 0.626. The lowest BCUT2D eigenvalue weighted by molar-refractivity contribution is 0.0678. The Balaban J connectivity index is 0.000000209. The highest BCUT2D eigenvalue weighted by atomic mass is 16.4. The number of hydrogen-bond donors (Lipinski definition) is 4. The van der Waals surface area contributed by atoms with Crippen LogP contribution in [-0.2, 0) is 12.8 Å². The molecule has 4 N–H and O–H groups in total. The van der Waals surface area contributed by atoms with E-state index in [-0.39, 0.29) is 22.3 Å². The number of aromatic carboxylic acids is 4. The number of hydrogen-bond acceptors (Lipinski definition) is 4. The molecule has 1 aliphatic carbocycles. The summed E-state index contributed by atoms with van der Waals surface area (Å²) in [6, 6.07) is 7.99. The molecule has 0 bridgehead atoms. The highest BCUT2D eigenvalue weighted by Crippen LogP contribution is 2.27. The molecule has 0 aliphatic heterocycles. The maximum atomic E-state index is 11.0. The molecule has 0 atom stereocenters. The third kappa shape index (κ3) is 4.73. The first kappa shape index (κ1) is 20.6. The van der Waals surface area contributed by atoms with Crippen LogP contribution in [0.1, 0.15) is 65.4 Å². The SMILES string of the molecule is O=C(O)c1ccc(C(=O)O)c2c1CCCC2.O=C(O)c1cccc(C(=O)O)c1. The molecule has 8 heteroatoms. The summed E-state index contributed by atoms with van der Waals surface area (Å²) in [5.74, 6) is -4.21. The third-order valence-electron chi connectivity index (χ3n) is 4.35. The van der Waals surface area contributed by atoms with Crippen molar-refractivity contribution in [1.29, 1.82) is 0 Å². The highest BCUT2D eigenvalue weighted by molar-refractivity contribution is 5.95. The van der Waals surface area contributed by atoms with E-state index in [1.54, 1.807) is 0 Å². The van der Waals surface area contributed by atoms with E-state index in [0.29, 0.717) is 24.0 Å². The molecule has 0 unspecified atom stereocenters. The Labute approximate surface area is 159 Å². The molecule has 2 aromatic carbocycles. The van der Waals surface area contributed by atoms with E-state index in [1.165, 1.54) is 30.3 Å². The smallest absolute Gasteiger partial charge is 0.335 e. The van der Waals surface area contributed by atoms with Crippen LogP contribution in [0.5, 0.6) is 0 Å². The molecule has 0 radical (unpaired) electrons. The number of benzene rings is 2. The summed E-state index contributed by atoms with van der Waals surface area (Å²) in [6.45, 7) is 0. The lowest BCUT2D eigenvalue weighted by atomic mass is 9.85. The maximum absolute atomic E-state index is 11.0. The van der Waals surface area contributed by atoms with Gasteiger partial charge in [0.15, 0.2) is 0 Å². The van der Waals surface area contributed by atoms with Crippen LogP contribution in [0.15, 0.2) is 36.4 Å². The van der Waals surface area contributed by atoms with Gasteiger partial charge in [0.1, 0.15) is 0 Å². The normalized spacial score (nSPS) is 12.1. The molecular weight excluding hydrogens is 368 g/mol. The minimum atomic E-state index is -1.13. The molecule has 0 amide bonds. The molecular formula is C20H18O8. The first-order valence-corrected chi connectivity index (χ1v) is 8.40. The minimum Gasteiger partial charge on any atom is -0.478 e. The van der Waals surface area contributed by atoms with Crippen molar-refractivity contribution in [2.24, 2.45) is 0 Å². The summed E-state index contributed by atoms with van der Waals surface area (Å²) in [6.07, 6.45) is 3.18. The summed E-state index contributed by atoms with van der Waals surface area (Å²) >= 11 is 0. The van der Waals surface area contributed by atoms with E-state index in [0.717, 1.165) is 18.9 Å². The van der Waals surface area contributed by atoms with Crippen molar-refractivity contribution in [3.05, 3.63) is 69.8 Å². The topological polar surface area (TPSA) is 149 Å². The van der Waals surface area contributed by atoms with E-state index in [9.17, 15) is 19.2 Å². The number of carboxylic acids is 4. The van der Waals surface area contributed by atoms with E-state index in [2.05, 4.69) is 0 Å². The van der Waals surface area contributed by atoms with Gasteiger partial charge in [-0.25, -0.2) is 19.2 Å². The van der Waals surface area contributed by atoms with Crippen LogP contribution in [0.4, 0.5) is 0 Å². The molecule has 1 aliphatic rings. The average Bonchev–Trinajstić information content (AvgIpc) is 2.67. The predicted molar refractivity (Wildman–Crippen MR) is 97.4 cm³/mol. The van der Waals surface area contributed by atoms with Gasteiger partial charge >= 0.3 is 23.9 Å². The van der Waals surface area contributed by atoms with E-state index in [4.69, 9.17) is 20.4 Å². The average molecular weight is 386 g/mol. The van der Waals surface area contributed by atoms with Gasteiger partial charge in [0, 0.05) is 0 Å². The molecule has 3 rings (SSSR count). The Kier molecular flexibility index (Phi) is 6.49. The lowest BCUT2D eigenvalue weighted by Crippen LogP contribution is -2.15. The van der Waals surface area contributed by atoms with Crippen molar-refractivity contribution in [3.63, 3.8) is 0 Å². The largest absolute Gasteiger partial charge is 0.478 e. The Morgan fingerprint density at radius 1 is 0.607 bits per heavy atom. The summed E-state index contributed by atoms with van der Waals surface area (Å²) in [7, 11) is 0. The van der Waals surface area contributed by atoms with Gasteiger partial charge in [0.05, 0.1) is 22.3 Å². The fourth-order valence-corrected chi connectivity index (χ4v) is 3.05. The van der Waals surface area contributed by atoms with Gasteiger partial charge in [-0.05, 0) is 67.1 Å². The van der Waals surface area contributed by atoms with Crippen molar-refractivity contribution in [1.82, 2.24) is 0 Å². The Morgan fingerprint density at radius 3 is 1.32 bits per heavy atom. The highest BCUT2D eigenvalue weighted by Gasteiger charge is 2.22. The molecule has 0 saturated carbocycles. The standard InChI is InChI=1S/C12H12O4.C8H6O4/c13-11(14)9-5-6-10(12(15)16)8-4-2-1-3-7(8)9;9-7(10)5-2-1-3-6(4-5)8(11)12/h5-6H,1-4H2,(H,13,14)(H,15,16);1-4H,(H,9,10)(H,11,12). The fraction of sp³-hybridized carbons (Fsp3) is 0.200. The molecule has 28 heavy (non-hydrogen) atoms. The molecule has 2 aromatic rings. The van der Waals surface area contributed by atoms with Gasteiger partial charge in [0.25, 0.3) is 0 Å². The van der Waals surface area contributed by atoms with E-state index in [1.807, 2.05) is 0 Å². The van der Waals surface area contributed by atoms with Gasteiger partial charge in [-0.15, -0.1) is 0 Å². The lowest BCUT2D eigenvalue weighted by Gasteiger charge is -2.19. The van der Waals surface area contributed by atoms with E-state index >= 15 is 0 Å². The number of rotatable bonds is 4. The van der Waals surface area contributed by atoms with Gasteiger partial charge in [-0.3, -0.25) is 0 Å². The first-order valence-electron chi connectivity index (χ1n) is 8.40. The number of carboxylic acid groups (broad SMARTS) is 4. The summed E-state index contributed by atoms with van der Waals surface area (Å²) in [5.41, 5.74) is 1.88. The zero-order valence-electron chi connectivity index (χ0n) is 14.7. The van der Waals surface area contributed by atoms with Gasteiger partial charge in [-0.1, -0.05) is 6.07 Å². The summed E-state index contributed by atoms with van der Waals surface area (Å²) in [4.78, 5) is 42.8. The van der Waals surface area contributed by atoms with Crippen LogP contribution < -0.4 is 0 Å². The Hall–Kier alpha value is -3.68. The predicted octanol–water partition coefficient (Wildman–Crippen LogP) is 3.04. The molecule has 0 aromatic heterocycles. The minimum absolute atomic E-state index is 0.0186. The fourth-order valence-electron chi connectivity index (χ4n) is 3.05. The van der Waals surface area contributed by atoms with Crippen LogP contribution >= 0.6 is 0 Å². The van der Waals surface area contributed by atoms with Crippen molar-refractivity contribution in [3.8, 4) is 0 Å².